The number of nitrogens with zero attached hydrogens (tertiary/aromatic N) is 3. The fourth-order valence-electron chi connectivity index (χ4n) is 3.31. The molecule has 1 aromatic rings. The average Bonchev–Trinajstić information content (AvgIpc) is 2.55. The Bertz CT molecular complexity index is 509. The first-order valence-electron chi connectivity index (χ1n) is 8.46. The van der Waals surface area contributed by atoms with Crippen LogP contribution in [0.2, 0.25) is 0 Å². The molecule has 1 amide bonds. The van der Waals surface area contributed by atoms with Crippen molar-refractivity contribution in [2.24, 2.45) is 17.6 Å². The van der Waals surface area contributed by atoms with Crippen LogP contribution in [0.25, 0.3) is 0 Å². The van der Waals surface area contributed by atoms with E-state index in [1.807, 2.05) is 6.92 Å². The van der Waals surface area contributed by atoms with Crippen LogP contribution in [0, 0.1) is 11.8 Å². The maximum absolute atomic E-state index is 12.6. The van der Waals surface area contributed by atoms with Crippen LogP contribution in [0.15, 0.2) is 18.6 Å². The number of anilines is 1. The molecule has 3 N–H and O–H groups in total. The van der Waals surface area contributed by atoms with Crippen molar-refractivity contribution < 1.29 is 4.79 Å². The van der Waals surface area contributed by atoms with Gasteiger partial charge in [0.05, 0.1) is 6.20 Å². The molecule has 1 fully saturated rings. The van der Waals surface area contributed by atoms with Crippen molar-refractivity contribution in [3.63, 3.8) is 0 Å². The Hall–Kier alpha value is -1.11. The summed E-state index contributed by atoms with van der Waals surface area (Å²) < 4.78 is 0. The monoisotopic (exact) mass is 391 g/mol. The lowest BCUT2D eigenvalue weighted by Gasteiger charge is -2.36. The van der Waals surface area contributed by atoms with E-state index in [-0.39, 0.29) is 42.2 Å². The van der Waals surface area contributed by atoms with Crippen molar-refractivity contribution >= 4 is 36.5 Å². The van der Waals surface area contributed by atoms with Crippen molar-refractivity contribution in [1.29, 1.82) is 0 Å². The minimum atomic E-state index is -0.312. The second kappa shape index (κ2) is 10.8. The first-order chi connectivity index (χ1) is 10.9. The van der Waals surface area contributed by atoms with Gasteiger partial charge in [-0.15, -0.1) is 24.8 Å². The second-order valence-electron chi connectivity index (χ2n) is 7.18. The third-order valence-electron chi connectivity index (χ3n) is 4.47. The predicted molar refractivity (Wildman–Crippen MR) is 107 cm³/mol. The maximum atomic E-state index is 12.6. The summed E-state index contributed by atoms with van der Waals surface area (Å²) in [7, 11) is 0. The number of aromatic nitrogens is 2. The number of nitrogens with two attached hydrogens (primary N) is 1. The molecule has 1 aliphatic rings. The summed E-state index contributed by atoms with van der Waals surface area (Å²) in [6.45, 7) is 8.48. The van der Waals surface area contributed by atoms with Gasteiger partial charge in [-0.05, 0) is 32.1 Å². The summed E-state index contributed by atoms with van der Waals surface area (Å²) in [5.74, 6) is 1.58. The standard InChI is InChI=1S/C17H29N5O.2ClH/c1-13(2)10-17(3,12-18)21-16(23)14-4-8-22(9-5-14)15-11-19-6-7-20-15;;/h6-7,11,13-14H,4-5,8-10,12,18H2,1-3H3,(H,21,23);2*1H. The molecule has 0 aromatic carbocycles. The van der Waals surface area contributed by atoms with Crippen LogP contribution < -0.4 is 16.0 Å². The Kier molecular flexibility index (Phi) is 10.3. The smallest absolute Gasteiger partial charge is 0.223 e. The molecule has 25 heavy (non-hydrogen) atoms. The van der Waals surface area contributed by atoms with E-state index >= 15 is 0 Å². The van der Waals surface area contributed by atoms with Gasteiger partial charge in [-0.3, -0.25) is 9.78 Å². The molecule has 0 saturated carbocycles. The van der Waals surface area contributed by atoms with E-state index in [1.165, 1.54) is 0 Å². The van der Waals surface area contributed by atoms with Gasteiger partial charge in [-0.25, -0.2) is 4.98 Å². The lowest BCUT2D eigenvalue weighted by atomic mass is 9.88. The third kappa shape index (κ3) is 6.96. The van der Waals surface area contributed by atoms with E-state index in [0.717, 1.165) is 38.2 Å². The Labute approximate surface area is 163 Å². The van der Waals surface area contributed by atoms with Crippen LogP contribution in [-0.4, -0.2) is 41.0 Å². The van der Waals surface area contributed by atoms with Crippen molar-refractivity contribution in [1.82, 2.24) is 15.3 Å². The van der Waals surface area contributed by atoms with E-state index in [0.29, 0.717) is 12.5 Å². The quantitative estimate of drug-likeness (QED) is 0.777. The fraction of sp³-hybridized carbons (Fsp3) is 0.706. The van der Waals surface area contributed by atoms with Crippen LogP contribution in [0.5, 0.6) is 0 Å². The van der Waals surface area contributed by atoms with Gasteiger partial charge < -0.3 is 16.0 Å². The van der Waals surface area contributed by atoms with Crippen molar-refractivity contribution in [2.75, 3.05) is 24.5 Å². The van der Waals surface area contributed by atoms with Gasteiger partial charge in [0.1, 0.15) is 5.82 Å². The van der Waals surface area contributed by atoms with Crippen molar-refractivity contribution in [3.05, 3.63) is 18.6 Å². The minimum absolute atomic E-state index is 0. The summed E-state index contributed by atoms with van der Waals surface area (Å²) in [6, 6.07) is 0. The maximum Gasteiger partial charge on any atom is 0.223 e. The van der Waals surface area contributed by atoms with Crippen LogP contribution in [0.1, 0.15) is 40.0 Å². The normalized spacial score (nSPS) is 17.2. The molecule has 144 valence electrons. The Morgan fingerprint density at radius 1 is 1.36 bits per heavy atom. The number of halogens is 2. The first-order valence-corrected chi connectivity index (χ1v) is 8.46. The number of hydrogen-bond donors (Lipinski definition) is 2. The SMILES string of the molecule is CC(C)CC(C)(CN)NC(=O)C1CCN(c2cnccn2)CC1.Cl.Cl. The highest BCUT2D eigenvalue weighted by Crippen LogP contribution is 2.23. The molecule has 1 saturated heterocycles. The van der Waals surface area contributed by atoms with E-state index < -0.39 is 0 Å². The highest BCUT2D eigenvalue weighted by molar-refractivity contribution is 5.85. The summed E-state index contributed by atoms with van der Waals surface area (Å²) in [5, 5.41) is 3.19. The molecule has 8 heteroatoms. The molecule has 0 spiro atoms. The average molecular weight is 392 g/mol. The molecule has 0 bridgehead atoms. The zero-order chi connectivity index (χ0) is 16.9. The van der Waals surface area contributed by atoms with Crippen LogP contribution in [-0.2, 0) is 4.79 Å². The molecule has 0 radical (unpaired) electrons. The van der Waals surface area contributed by atoms with Crippen LogP contribution in [0.3, 0.4) is 0 Å². The van der Waals surface area contributed by atoms with E-state index in [2.05, 4.69) is 34.0 Å². The molecule has 1 atom stereocenters. The fourth-order valence-corrected chi connectivity index (χ4v) is 3.31. The number of amides is 1. The molecular formula is C17H31Cl2N5O. The molecule has 0 aliphatic carbocycles. The lowest BCUT2D eigenvalue weighted by molar-refractivity contribution is -0.127. The van der Waals surface area contributed by atoms with Gasteiger partial charge in [-0.1, -0.05) is 13.8 Å². The second-order valence-corrected chi connectivity index (χ2v) is 7.18. The minimum Gasteiger partial charge on any atom is -0.355 e. The van der Waals surface area contributed by atoms with Crippen molar-refractivity contribution in [2.45, 2.75) is 45.6 Å². The van der Waals surface area contributed by atoms with E-state index in [1.54, 1.807) is 18.6 Å². The summed E-state index contributed by atoms with van der Waals surface area (Å²) in [6.07, 6.45) is 7.72. The van der Waals surface area contributed by atoms with Gasteiger partial charge in [0.25, 0.3) is 0 Å². The zero-order valence-electron chi connectivity index (χ0n) is 15.3. The van der Waals surface area contributed by atoms with E-state index in [4.69, 9.17) is 5.73 Å². The molecule has 2 rings (SSSR count). The summed E-state index contributed by atoms with van der Waals surface area (Å²) in [4.78, 5) is 23.2. The predicted octanol–water partition coefficient (Wildman–Crippen LogP) is 2.42. The molecule has 2 heterocycles. The summed E-state index contributed by atoms with van der Waals surface area (Å²) in [5.41, 5.74) is 5.58. The molecule has 1 aromatic heterocycles. The van der Waals surface area contributed by atoms with Crippen molar-refractivity contribution in [3.8, 4) is 0 Å². The zero-order valence-corrected chi connectivity index (χ0v) is 16.9. The number of carbonyl (C=O) groups excluding carboxylic acids is 1. The van der Waals surface area contributed by atoms with Gasteiger partial charge in [0.2, 0.25) is 5.91 Å². The van der Waals surface area contributed by atoms with Gasteiger partial charge in [-0.2, -0.15) is 0 Å². The van der Waals surface area contributed by atoms with Gasteiger partial charge >= 0.3 is 0 Å². The number of carbonyl (C=O) groups is 1. The third-order valence-corrected chi connectivity index (χ3v) is 4.47. The molecule has 6 nitrogen and oxygen atoms in total. The topological polar surface area (TPSA) is 84.1 Å². The first kappa shape index (κ1) is 23.9. The van der Waals surface area contributed by atoms with Gasteiger partial charge in [0.15, 0.2) is 0 Å². The molecule has 1 unspecified atom stereocenters. The molecule has 1 aliphatic heterocycles. The lowest BCUT2D eigenvalue weighted by Crippen LogP contribution is -2.54. The number of hydrogen-bond acceptors (Lipinski definition) is 5. The Morgan fingerprint density at radius 3 is 2.48 bits per heavy atom. The number of rotatable bonds is 6. The molecular weight excluding hydrogens is 361 g/mol. The number of nitrogens with one attached hydrogen (secondary N) is 1. The van der Waals surface area contributed by atoms with Crippen LogP contribution in [0.4, 0.5) is 5.82 Å². The summed E-state index contributed by atoms with van der Waals surface area (Å²) >= 11 is 0. The largest absolute Gasteiger partial charge is 0.355 e. The Balaban J connectivity index is 0.00000288. The Morgan fingerprint density at radius 2 is 2.00 bits per heavy atom. The van der Waals surface area contributed by atoms with Crippen LogP contribution >= 0.6 is 24.8 Å². The van der Waals surface area contributed by atoms with Gasteiger partial charge in [0, 0.05) is 43.5 Å². The number of piperidine rings is 1. The van der Waals surface area contributed by atoms with E-state index in [9.17, 15) is 4.79 Å². The highest BCUT2D eigenvalue weighted by Gasteiger charge is 2.31. The highest BCUT2D eigenvalue weighted by atomic mass is 35.5.